The second-order valence-electron chi connectivity index (χ2n) is 6.32. The van der Waals surface area contributed by atoms with Gasteiger partial charge in [0.15, 0.2) is 6.61 Å². The Kier molecular flexibility index (Phi) is 7.78. The van der Waals surface area contributed by atoms with Gasteiger partial charge in [-0.3, -0.25) is 9.59 Å². The molecule has 1 aliphatic heterocycles. The Morgan fingerprint density at radius 2 is 1.50 bits per heavy atom. The summed E-state index contributed by atoms with van der Waals surface area (Å²) in [7, 11) is 0. The van der Waals surface area contributed by atoms with Crippen LogP contribution in [0.15, 0.2) is 48.5 Å². The molecule has 2 aromatic rings. The van der Waals surface area contributed by atoms with Crippen molar-refractivity contribution in [1.82, 2.24) is 9.80 Å². The summed E-state index contributed by atoms with van der Waals surface area (Å²) in [5.41, 5.74) is 7.16. The lowest BCUT2D eigenvalue weighted by Crippen LogP contribution is -2.51. The molecule has 2 amide bonds. The largest absolute Gasteiger partial charge is 0.484 e. The highest BCUT2D eigenvalue weighted by molar-refractivity contribution is 5.94. The van der Waals surface area contributed by atoms with Crippen LogP contribution in [-0.2, 0) is 11.3 Å². The van der Waals surface area contributed by atoms with Gasteiger partial charge < -0.3 is 20.3 Å². The first-order chi connectivity index (χ1) is 13.1. The van der Waals surface area contributed by atoms with Crippen molar-refractivity contribution in [2.45, 2.75) is 6.54 Å². The molecule has 28 heavy (non-hydrogen) atoms. The average Bonchev–Trinajstić information content (AvgIpc) is 2.73. The van der Waals surface area contributed by atoms with Crippen LogP contribution in [0.2, 0.25) is 0 Å². The average molecular weight is 408 g/mol. The van der Waals surface area contributed by atoms with Gasteiger partial charge in [0.1, 0.15) is 11.6 Å². The van der Waals surface area contributed by atoms with E-state index in [2.05, 4.69) is 0 Å². The first kappa shape index (κ1) is 21.7. The Balaban J connectivity index is 0.00000280. The lowest BCUT2D eigenvalue weighted by Gasteiger charge is -2.34. The van der Waals surface area contributed by atoms with Gasteiger partial charge in [0.2, 0.25) is 0 Å². The third-order valence-corrected chi connectivity index (χ3v) is 4.53. The van der Waals surface area contributed by atoms with Crippen molar-refractivity contribution in [3.05, 3.63) is 65.5 Å². The van der Waals surface area contributed by atoms with Gasteiger partial charge >= 0.3 is 0 Å². The van der Waals surface area contributed by atoms with Crippen LogP contribution in [0.1, 0.15) is 15.9 Å². The number of piperazine rings is 1. The van der Waals surface area contributed by atoms with E-state index >= 15 is 0 Å². The fourth-order valence-corrected chi connectivity index (χ4v) is 2.89. The second-order valence-corrected chi connectivity index (χ2v) is 6.32. The van der Waals surface area contributed by atoms with Gasteiger partial charge in [0, 0.05) is 38.3 Å². The molecule has 1 aliphatic rings. The van der Waals surface area contributed by atoms with Crippen molar-refractivity contribution in [3.8, 4) is 5.75 Å². The molecule has 1 fully saturated rings. The number of carbonyl (C=O) groups excluding carboxylic acids is 2. The van der Waals surface area contributed by atoms with Crippen molar-refractivity contribution in [2.24, 2.45) is 5.73 Å². The monoisotopic (exact) mass is 407 g/mol. The van der Waals surface area contributed by atoms with E-state index in [1.807, 2.05) is 12.1 Å². The minimum atomic E-state index is -0.355. The number of rotatable bonds is 5. The molecule has 2 aromatic carbocycles. The Labute approximate surface area is 169 Å². The molecule has 1 saturated heterocycles. The van der Waals surface area contributed by atoms with Crippen LogP contribution in [0.3, 0.4) is 0 Å². The van der Waals surface area contributed by atoms with E-state index in [9.17, 15) is 14.0 Å². The zero-order valence-corrected chi connectivity index (χ0v) is 16.2. The number of nitrogens with zero attached hydrogens (tertiary/aromatic N) is 2. The summed E-state index contributed by atoms with van der Waals surface area (Å²) in [6.07, 6.45) is 0. The Morgan fingerprint density at radius 3 is 2.07 bits per heavy atom. The van der Waals surface area contributed by atoms with E-state index in [1.165, 1.54) is 24.3 Å². The fourth-order valence-electron chi connectivity index (χ4n) is 2.89. The van der Waals surface area contributed by atoms with Gasteiger partial charge in [-0.15, -0.1) is 12.4 Å². The van der Waals surface area contributed by atoms with Crippen LogP contribution in [0.4, 0.5) is 4.39 Å². The Hall–Kier alpha value is -2.64. The van der Waals surface area contributed by atoms with Crippen molar-refractivity contribution in [3.63, 3.8) is 0 Å². The molecule has 0 aromatic heterocycles. The third-order valence-electron chi connectivity index (χ3n) is 4.53. The summed E-state index contributed by atoms with van der Waals surface area (Å²) in [5, 5.41) is 0. The van der Waals surface area contributed by atoms with Crippen LogP contribution < -0.4 is 10.5 Å². The summed E-state index contributed by atoms with van der Waals surface area (Å²) in [6, 6.07) is 12.8. The van der Waals surface area contributed by atoms with Crippen molar-refractivity contribution in [1.29, 1.82) is 0 Å². The predicted octanol–water partition coefficient (Wildman–Crippen LogP) is 2.07. The van der Waals surface area contributed by atoms with E-state index in [0.717, 1.165) is 5.56 Å². The maximum atomic E-state index is 12.9. The number of hydrogen-bond donors (Lipinski definition) is 1. The van der Waals surface area contributed by atoms with Crippen LogP contribution >= 0.6 is 12.4 Å². The van der Waals surface area contributed by atoms with Gasteiger partial charge in [-0.05, 0) is 42.0 Å². The molecule has 0 aliphatic carbocycles. The van der Waals surface area contributed by atoms with Crippen LogP contribution in [0.5, 0.6) is 5.75 Å². The molecular formula is C20H23ClFN3O3. The van der Waals surface area contributed by atoms with E-state index in [1.54, 1.807) is 21.9 Å². The van der Waals surface area contributed by atoms with Crippen LogP contribution in [0, 0.1) is 5.82 Å². The van der Waals surface area contributed by atoms with Crippen molar-refractivity contribution < 1.29 is 18.7 Å². The van der Waals surface area contributed by atoms with E-state index in [-0.39, 0.29) is 36.6 Å². The molecule has 150 valence electrons. The number of ether oxygens (including phenoxy) is 1. The highest BCUT2D eigenvalue weighted by atomic mass is 35.5. The minimum absolute atomic E-state index is 0. The van der Waals surface area contributed by atoms with Gasteiger partial charge in [-0.2, -0.15) is 0 Å². The first-order valence-electron chi connectivity index (χ1n) is 8.81. The molecule has 0 radical (unpaired) electrons. The predicted molar refractivity (Wildman–Crippen MR) is 106 cm³/mol. The molecule has 0 saturated carbocycles. The molecular weight excluding hydrogens is 385 g/mol. The Bertz CT molecular complexity index is 791. The van der Waals surface area contributed by atoms with E-state index < -0.39 is 0 Å². The molecule has 6 nitrogen and oxygen atoms in total. The molecule has 0 atom stereocenters. The smallest absolute Gasteiger partial charge is 0.260 e. The van der Waals surface area contributed by atoms with Crippen molar-refractivity contribution in [2.75, 3.05) is 32.8 Å². The number of halogens is 2. The second kappa shape index (κ2) is 10.1. The van der Waals surface area contributed by atoms with Gasteiger partial charge in [-0.1, -0.05) is 12.1 Å². The minimum Gasteiger partial charge on any atom is -0.484 e. The molecule has 0 unspecified atom stereocenters. The lowest BCUT2D eigenvalue weighted by atomic mass is 10.1. The molecule has 3 rings (SSSR count). The van der Waals surface area contributed by atoms with Gasteiger partial charge in [-0.25, -0.2) is 4.39 Å². The van der Waals surface area contributed by atoms with Crippen molar-refractivity contribution >= 4 is 24.2 Å². The summed E-state index contributed by atoms with van der Waals surface area (Å²) >= 11 is 0. The zero-order valence-electron chi connectivity index (χ0n) is 15.3. The number of benzene rings is 2. The molecule has 2 N–H and O–H groups in total. The topological polar surface area (TPSA) is 75.9 Å². The standard InChI is InChI=1S/C20H22FN3O3.ClH/c21-17-5-7-18(8-6-17)27-14-19(25)23-9-11-24(12-10-23)20(26)16-3-1-15(13-22)2-4-16;/h1-8H,9-14,22H2;1H. The number of nitrogens with two attached hydrogens (primary N) is 1. The quantitative estimate of drug-likeness (QED) is 0.823. The first-order valence-corrected chi connectivity index (χ1v) is 8.81. The SMILES string of the molecule is Cl.NCc1ccc(C(=O)N2CCN(C(=O)COc3ccc(F)cc3)CC2)cc1. The third kappa shape index (κ3) is 5.43. The fraction of sp³-hybridized carbons (Fsp3) is 0.300. The van der Waals surface area contributed by atoms with Gasteiger partial charge in [0.05, 0.1) is 0 Å². The normalized spacial score (nSPS) is 13.6. The molecule has 1 heterocycles. The maximum absolute atomic E-state index is 12.9. The van der Waals surface area contributed by atoms with Crippen LogP contribution in [-0.4, -0.2) is 54.4 Å². The highest BCUT2D eigenvalue weighted by Crippen LogP contribution is 2.13. The Morgan fingerprint density at radius 1 is 0.929 bits per heavy atom. The molecule has 8 heteroatoms. The lowest BCUT2D eigenvalue weighted by molar-refractivity contribution is -0.134. The van der Waals surface area contributed by atoms with Gasteiger partial charge in [0.25, 0.3) is 11.8 Å². The maximum Gasteiger partial charge on any atom is 0.260 e. The summed E-state index contributed by atoms with van der Waals surface area (Å²) in [6.45, 7) is 2.19. The highest BCUT2D eigenvalue weighted by Gasteiger charge is 2.25. The zero-order chi connectivity index (χ0) is 19.2. The summed E-state index contributed by atoms with van der Waals surface area (Å²) < 4.78 is 18.3. The number of carbonyl (C=O) groups is 2. The number of amides is 2. The summed E-state index contributed by atoms with van der Waals surface area (Å²) in [4.78, 5) is 28.2. The summed E-state index contributed by atoms with van der Waals surface area (Å²) in [5.74, 6) is -0.112. The molecule has 0 bridgehead atoms. The molecule has 0 spiro atoms. The van der Waals surface area contributed by atoms with Crippen LogP contribution in [0.25, 0.3) is 0 Å². The number of hydrogen-bond acceptors (Lipinski definition) is 4. The van der Waals surface area contributed by atoms with E-state index in [4.69, 9.17) is 10.5 Å². The van der Waals surface area contributed by atoms with E-state index in [0.29, 0.717) is 44.0 Å².